The second kappa shape index (κ2) is 10.8. The van der Waals surface area contributed by atoms with Crippen LogP contribution in [0.1, 0.15) is 32.4 Å². The number of rotatable bonds is 8. The van der Waals surface area contributed by atoms with E-state index < -0.39 is 46.2 Å². The van der Waals surface area contributed by atoms with E-state index in [1.165, 1.54) is 33.3 Å². The van der Waals surface area contributed by atoms with Crippen molar-refractivity contribution < 1.29 is 41.8 Å². The number of alkyl halides is 3. The van der Waals surface area contributed by atoms with Crippen LogP contribution < -0.4 is 16.0 Å². The maximum absolute atomic E-state index is 12.8. The van der Waals surface area contributed by atoms with Gasteiger partial charge in [-0.1, -0.05) is 18.2 Å². The Balaban J connectivity index is 1.69. The lowest BCUT2D eigenvalue weighted by atomic mass is 10.1. The number of nitrogens with one attached hydrogen (secondary N) is 3. The average molecular weight is 521 g/mol. The van der Waals surface area contributed by atoms with Crippen molar-refractivity contribution in [2.24, 2.45) is 0 Å². The van der Waals surface area contributed by atoms with Crippen molar-refractivity contribution in [1.29, 1.82) is 0 Å². The molecule has 0 bridgehead atoms. The van der Waals surface area contributed by atoms with Crippen LogP contribution in [-0.4, -0.2) is 64.9 Å². The first-order chi connectivity index (χ1) is 17.3. The Morgan fingerprint density at radius 1 is 1.11 bits per heavy atom. The monoisotopic (exact) mass is 521 g/mol. The number of aromatic nitrogens is 2. The van der Waals surface area contributed by atoms with Gasteiger partial charge in [-0.05, 0) is 29.8 Å². The molecule has 3 aromatic rings. The molecule has 196 valence electrons. The van der Waals surface area contributed by atoms with Gasteiger partial charge in [0.1, 0.15) is 25.5 Å². The number of nitrogens with zero attached hydrogens (tertiary/aromatic N) is 3. The van der Waals surface area contributed by atoms with Crippen molar-refractivity contribution in [2.45, 2.75) is 18.9 Å². The van der Waals surface area contributed by atoms with Crippen molar-refractivity contribution in [3.63, 3.8) is 0 Å². The quantitative estimate of drug-likeness (QED) is 0.201. The van der Waals surface area contributed by atoms with E-state index in [9.17, 15) is 32.8 Å². The summed E-state index contributed by atoms with van der Waals surface area (Å²) in [5, 5.41) is 17.4. The van der Waals surface area contributed by atoms with E-state index >= 15 is 0 Å². The van der Waals surface area contributed by atoms with Gasteiger partial charge in [0.2, 0.25) is 5.82 Å². The summed E-state index contributed by atoms with van der Waals surface area (Å²) >= 11 is 0. The topological polar surface area (TPSA) is 146 Å². The summed E-state index contributed by atoms with van der Waals surface area (Å²) in [5.74, 6) is -3.38. The molecule has 2 heterocycles. The fourth-order valence-corrected chi connectivity index (χ4v) is 3.19. The summed E-state index contributed by atoms with van der Waals surface area (Å²) in [6.45, 7) is -0.0244. The van der Waals surface area contributed by atoms with Crippen molar-refractivity contribution in [1.82, 2.24) is 25.9 Å². The van der Waals surface area contributed by atoms with Crippen molar-refractivity contribution in [3.8, 4) is 11.3 Å². The summed E-state index contributed by atoms with van der Waals surface area (Å²) in [5.41, 5.74) is 0.714. The molecule has 2 aromatic heterocycles. The summed E-state index contributed by atoms with van der Waals surface area (Å²) in [6.07, 6.45) is -5.21. The van der Waals surface area contributed by atoms with E-state index in [-0.39, 0.29) is 12.3 Å². The molecule has 37 heavy (non-hydrogen) atoms. The predicted molar refractivity (Wildman–Crippen MR) is 122 cm³/mol. The molecule has 3 amide bonds. The molecule has 0 fully saturated rings. The van der Waals surface area contributed by atoms with E-state index in [1.54, 1.807) is 24.3 Å². The number of quaternary nitrogens is 1. The maximum atomic E-state index is 12.8. The van der Waals surface area contributed by atoms with E-state index in [0.717, 1.165) is 12.3 Å². The molecule has 0 aliphatic rings. The van der Waals surface area contributed by atoms with Crippen LogP contribution in [-0.2, 0) is 17.5 Å². The molecule has 0 unspecified atom stereocenters. The first kappa shape index (κ1) is 27.3. The van der Waals surface area contributed by atoms with Gasteiger partial charge in [0.15, 0.2) is 5.76 Å². The molecular weight excluding hydrogens is 497 g/mol. The van der Waals surface area contributed by atoms with Crippen molar-refractivity contribution >= 4 is 17.7 Å². The fourth-order valence-electron chi connectivity index (χ4n) is 3.19. The molecule has 0 aliphatic heterocycles. The Morgan fingerprint density at radius 3 is 2.49 bits per heavy atom. The fraction of sp³-hybridized carbons (Fsp3) is 0.261. The highest BCUT2D eigenvalue weighted by atomic mass is 19.4. The molecule has 3 rings (SSSR count). The van der Waals surface area contributed by atoms with Gasteiger partial charge >= 0.3 is 12.1 Å². The molecular formula is C23H24F3N6O5+. The zero-order valence-corrected chi connectivity index (χ0v) is 20.0. The SMILES string of the molecule is CNC(=O)[C@@H](NC(=O)c1ccc(-c2cccc(CNC(=O)c3ccnc(C(F)(F)F)n3)c2)o1)[N+](C)(C)O. The van der Waals surface area contributed by atoms with Crippen LogP contribution in [0, 0.1) is 0 Å². The van der Waals surface area contributed by atoms with Crippen LogP contribution >= 0.6 is 0 Å². The number of hydrogen-bond acceptors (Lipinski definition) is 7. The molecule has 0 saturated carbocycles. The zero-order chi connectivity index (χ0) is 27.4. The van der Waals surface area contributed by atoms with Gasteiger partial charge in [-0.25, -0.2) is 15.2 Å². The highest BCUT2D eigenvalue weighted by Crippen LogP contribution is 2.26. The number of carbonyl (C=O) groups is 3. The Labute approximate surface area is 208 Å². The first-order valence-electron chi connectivity index (χ1n) is 10.8. The molecule has 1 aromatic carbocycles. The molecule has 0 radical (unpaired) electrons. The summed E-state index contributed by atoms with van der Waals surface area (Å²) in [7, 11) is 4.00. The largest absolute Gasteiger partial charge is 0.451 e. The van der Waals surface area contributed by atoms with E-state index in [2.05, 4.69) is 25.9 Å². The van der Waals surface area contributed by atoms with Crippen LogP contribution in [0.25, 0.3) is 11.3 Å². The van der Waals surface area contributed by atoms with Crippen LogP contribution in [0.15, 0.2) is 53.1 Å². The van der Waals surface area contributed by atoms with Crippen molar-refractivity contribution in [3.05, 3.63) is 71.5 Å². The van der Waals surface area contributed by atoms with Gasteiger partial charge in [-0.3, -0.25) is 19.7 Å². The molecule has 4 N–H and O–H groups in total. The van der Waals surface area contributed by atoms with Gasteiger partial charge in [0.25, 0.3) is 18.0 Å². The standard InChI is InChI=1S/C23H23F3N6O5/c1-27-21(35)18(32(2,3)36)31-20(34)17-8-7-16(37-17)14-6-4-5-13(11-14)12-29-19(33)15-9-10-28-22(30-15)23(24,25)26/h4-11,18,36H,12H2,1-3H3,(H2-,27,29,31,33,34,35)/p+1/t18-/m0/s1. The molecule has 0 saturated heterocycles. The predicted octanol–water partition coefficient (Wildman–Crippen LogP) is 1.95. The third kappa shape index (κ3) is 6.89. The third-order valence-corrected chi connectivity index (χ3v) is 5.03. The number of hydrogen-bond donors (Lipinski definition) is 4. The minimum Gasteiger partial charge on any atom is -0.451 e. The molecule has 0 aliphatic carbocycles. The van der Waals surface area contributed by atoms with Crippen LogP contribution in [0.4, 0.5) is 13.2 Å². The van der Waals surface area contributed by atoms with E-state index in [1.807, 2.05) is 0 Å². The third-order valence-electron chi connectivity index (χ3n) is 5.03. The van der Waals surface area contributed by atoms with Crippen LogP contribution in [0.2, 0.25) is 0 Å². The normalized spacial score (nSPS) is 12.5. The summed E-state index contributed by atoms with van der Waals surface area (Å²) in [6, 6.07) is 10.7. The number of amides is 3. The van der Waals surface area contributed by atoms with Gasteiger partial charge in [-0.2, -0.15) is 17.8 Å². The second-order valence-corrected chi connectivity index (χ2v) is 8.28. The Hall–Kier alpha value is -4.30. The molecule has 1 atom stereocenters. The lowest BCUT2D eigenvalue weighted by Crippen LogP contribution is -2.62. The minimum atomic E-state index is -4.78. The lowest BCUT2D eigenvalue weighted by molar-refractivity contribution is -1.09. The highest BCUT2D eigenvalue weighted by molar-refractivity contribution is 5.95. The van der Waals surface area contributed by atoms with Crippen LogP contribution in [0.3, 0.4) is 0 Å². The smallest absolute Gasteiger partial charge is 0.451 e. The zero-order valence-electron chi connectivity index (χ0n) is 20.0. The first-order valence-corrected chi connectivity index (χ1v) is 10.8. The Kier molecular flexibility index (Phi) is 7.93. The number of carbonyl (C=O) groups excluding carboxylic acids is 3. The van der Waals surface area contributed by atoms with Gasteiger partial charge in [0, 0.05) is 25.4 Å². The van der Waals surface area contributed by atoms with E-state index in [0.29, 0.717) is 16.9 Å². The Bertz CT molecular complexity index is 1300. The number of hydroxylamine groups is 3. The average Bonchev–Trinajstić information content (AvgIpc) is 3.35. The highest BCUT2D eigenvalue weighted by Gasteiger charge is 2.36. The minimum absolute atomic E-state index is 0.0244. The second-order valence-electron chi connectivity index (χ2n) is 8.28. The molecule has 0 spiro atoms. The number of benzene rings is 1. The summed E-state index contributed by atoms with van der Waals surface area (Å²) in [4.78, 5) is 43.3. The number of halogens is 3. The van der Waals surface area contributed by atoms with Gasteiger partial charge in [0.05, 0.1) is 0 Å². The summed E-state index contributed by atoms with van der Waals surface area (Å²) < 4.78 is 43.1. The number of furan rings is 1. The van der Waals surface area contributed by atoms with Gasteiger partial charge < -0.3 is 15.1 Å². The molecule has 11 nitrogen and oxygen atoms in total. The lowest BCUT2D eigenvalue weighted by Gasteiger charge is -2.28. The van der Waals surface area contributed by atoms with E-state index in [4.69, 9.17) is 4.42 Å². The number of likely N-dealkylation sites (N-methyl/N-ethyl adjacent to an activating group) is 2. The van der Waals surface area contributed by atoms with Crippen LogP contribution in [0.5, 0.6) is 0 Å². The Morgan fingerprint density at radius 2 is 1.84 bits per heavy atom. The van der Waals surface area contributed by atoms with Crippen molar-refractivity contribution in [2.75, 3.05) is 21.1 Å². The maximum Gasteiger partial charge on any atom is 0.451 e. The molecule has 14 heteroatoms. The van der Waals surface area contributed by atoms with Gasteiger partial charge in [-0.15, -0.1) is 0 Å².